The molecule has 4 rings (SSSR count). The van der Waals surface area contributed by atoms with E-state index in [4.69, 9.17) is 23.7 Å². The molecule has 0 radical (unpaired) electrons. The van der Waals surface area contributed by atoms with Gasteiger partial charge in [0, 0.05) is 0 Å². The molecule has 54 heavy (non-hydrogen) atoms. The Bertz CT molecular complexity index is 1490. The predicted octanol–water partition coefficient (Wildman–Crippen LogP) is 11.1. The van der Waals surface area contributed by atoms with Crippen molar-refractivity contribution in [1.82, 2.24) is 0 Å². The highest BCUT2D eigenvalue weighted by Gasteiger charge is 2.57. The summed E-state index contributed by atoms with van der Waals surface area (Å²) in [4.78, 5) is 39.6. The summed E-state index contributed by atoms with van der Waals surface area (Å²) in [6, 6.07) is 25.7. The molecular formula is C45H59BrO8. The SMILES string of the molecule is CCCCCCCCCCCCCCCCCCO[C@]1(COC(=O)c2ccccc2)OC[C@H](Br)[C@@H](OC(=O)c2ccccc2)[C@@H]1OC(=O)c1ccccc1. The van der Waals surface area contributed by atoms with Gasteiger partial charge in [-0.1, -0.05) is 174 Å². The number of carbonyl (C=O) groups excluding carboxylic acids is 3. The Morgan fingerprint density at radius 1 is 0.593 bits per heavy atom. The molecule has 1 saturated heterocycles. The fourth-order valence-corrected chi connectivity index (χ4v) is 7.18. The Morgan fingerprint density at radius 3 is 1.46 bits per heavy atom. The third-order valence-corrected chi connectivity index (χ3v) is 10.6. The van der Waals surface area contributed by atoms with Crippen LogP contribution >= 0.6 is 15.9 Å². The second-order valence-corrected chi connectivity index (χ2v) is 15.3. The summed E-state index contributed by atoms with van der Waals surface area (Å²) in [6.45, 7) is 2.16. The predicted molar refractivity (Wildman–Crippen MR) is 215 cm³/mol. The number of alkyl halides is 1. The maximum absolute atomic E-state index is 13.6. The van der Waals surface area contributed by atoms with E-state index in [1.165, 1.54) is 77.0 Å². The third kappa shape index (κ3) is 14.6. The second-order valence-electron chi connectivity index (χ2n) is 14.2. The first-order valence-corrected chi connectivity index (χ1v) is 21.0. The van der Waals surface area contributed by atoms with Gasteiger partial charge in [-0.15, -0.1) is 0 Å². The molecular weight excluding hydrogens is 748 g/mol. The lowest BCUT2D eigenvalue weighted by molar-refractivity contribution is -0.327. The van der Waals surface area contributed by atoms with E-state index in [-0.39, 0.29) is 13.2 Å². The van der Waals surface area contributed by atoms with Gasteiger partial charge in [-0.25, -0.2) is 14.4 Å². The first-order chi connectivity index (χ1) is 26.4. The van der Waals surface area contributed by atoms with E-state index in [0.717, 1.165) is 25.7 Å². The molecule has 0 spiro atoms. The highest BCUT2D eigenvalue weighted by atomic mass is 79.9. The molecule has 1 aliphatic heterocycles. The Kier molecular flexibility index (Phi) is 19.8. The van der Waals surface area contributed by atoms with Crippen molar-refractivity contribution in [3.05, 3.63) is 108 Å². The van der Waals surface area contributed by atoms with Crippen LogP contribution in [0.25, 0.3) is 0 Å². The lowest BCUT2D eigenvalue weighted by Gasteiger charge is -2.46. The Morgan fingerprint density at radius 2 is 1.00 bits per heavy atom. The molecule has 0 saturated carbocycles. The standard InChI is InChI=1S/C45H59BrO8/c1-2-3-4-5-6-7-8-9-10-11-12-13-14-15-16-26-33-51-45(35-50-42(47)36-27-20-17-21-28-36)41(54-44(49)38-31-24-19-25-32-38)40(39(46)34-52-45)53-43(48)37-29-22-18-23-30-37/h17-25,27-32,39-41H,2-16,26,33-35H2,1H3/t39-,40+,41-,45+/m0/s1. The van der Waals surface area contributed by atoms with Crippen molar-refractivity contribution in [3.8, 4) is 0 Å². The van der Waals surface area contributed by atoms with E-state index in [0.29, 0.717) is 16.7 Å². The summed E-state index contributed by atoms with van der Waals surface area (Å²) >= 11 is 3.61. The number of rotatable bonds is 25. The highest BCUT2D eigenvalue weighted by Crippen LogP contribution is 2.36. The van der Waals surface area contributed by atoms with Crippen molar-refractivity contribution in [2.24, 2.45) is 0 Å². The molecule has 1 fully saturated rings. The molecule has 9 heteroatoms. The minimum Gasteiger partial charge on any atom is -0.456 e. The van der Waals surface area contributed by atoms with Crippen molar-refractivity contribution in [1.29, 1.82) is 0 Å². The number of unbranched alkanes of at least 4 members (excludes halogenated alkanes) is 15. The first kappa shape index (κ1) is 43.2. The Hall–Kier alpha value is -3.53. The number of halogens is 1. The number of hydrogen-bond donors (Lipinski definition) is 0. The van der Waals surface area contributed by atoms with Crippen molar-refractivity contribution in [2.45, 2.75) is 132 Å². The number of carbonyl (C=O) groups is 3. The average Bonchev–Trinajstić information content (AvgIpc) is 3.21. The second kappa shape index (κ2) is 24.8. The summed E-state index contributed by atoms with van der Waals surface area (Å²) in [6.07, 6.45) is 17.6. The summed E-state index contributed by atoms with van der Waals surface area (Å²) in [5.41, 5.74) is 0.992. The summed E-state index contributed by atoms with van der Waals surface area (Å²) < 4.78 is 30.9. The van der Waals surface area contributed by atoms with E-state index >= 15 is 0 Å². The molecule has 0 unspecified atom stereocenters. The number of ether oxygens (including phenoxy) is 5. The molecule has 3 aromatic rings. The van der Waals surface area contributed by atoms with Crippen LogP contribution in [0, 0.1) is 0 Å². The van der Waals surface area contributed by atoms with Crippen molar-refractivity contribution in [3.63, 3.8) is 0 Å². The maximum Gasteiger partial charge on any atom is 0.338 e. The Labute approximate surface area is 330 Å². The zero-order valence-electron chi connectivity index (χ0n) is 32.0. The molecule has 0 N–H and O–H groups in total. The smallest absolute Gasteiger partial charge is 0.338 e. The van der Waals surface area contributed by atoms with Crippen LogP contribution < -0.4 is 0 Å². The van der Waals surface area contributed by atoms with Crippen LogP contribution in [-0.4, -0.2) is 60.6 Å². The molecule has 0 aromatic heterocycles. The molecule has 4 atom stereocenters. The van der Waals surface area contributed by atoms with Crippen molar-refractivity contribution in [2.75, 3.05) is 19.8 Å². The quantitative estimate of drug-likeness (QED) is 0.0361. The minimum atomic E-state index is -1.75. The van der Waals surface area contributed by atoms with Gasteiger partial charge in [0.1, 0.15) is 6.61 Å². The van der Waals surface area contributed by atoms with Crippen LogP contribution in [0.15, 0.2) is 91.0 Å². The van der Waals surface area contributed by atoms with Gasteiger partial charge in [0.05, 0.1) is 34.7 Å². The molecule has 1 aliphatic rings. The molecule has 0 bridgehead atoms. The zero-order chi connectivity index (χ0) is 38.3. The summed E-state index contributed by atoms with van der Waals surface area (Å²) in [5, 5.41) is 0. The number of hydrogen-bond acceptors (Lipinski definition) is 8. The van der Waals surface area contributed by atoms with Gasteiger partial charge in [0.2, 0.25) is 5.79 Å². The van der Waals surface area contributed by atoms with Crippen LogP contribution in [0.1, 0.15) is 141 Å². The van der Waals surface area contributed by atoms with Gasteiger partial charge in [-0.2, -0.15) is 0 Å². The van der Waals surface area contributed by atoms with Crippen LogP contribution in [0.4, 0.5) is 0 Å². The van der Waals surface area contributed by atoms with Gasteiger partial charge in [-0.3, -0.25) is 0 Å². The number of benzene rings is 3. The monoisotopic (exact) mass is 806 g/mol. The lowest BCUT2D eigenvalue weighted by Crippen LogP contribution is -2.65. The normalized spacial score (nSPS) is 19.6. The van der Waals surface area contributed by atoms with Gasteiger partial charge < -0.3 is 23.7 Å². The van der Waals surface area contributed by atoms with Crippen LogP contribution in [0.3, 0.4) is 0 Å². The highest BCUT2D eigenvalue weighted by molar-refractivity contribution is 9.09. The molecule has 8 nitrogen and oxygen atoms in total. The Balaban J connectivity index is 1.38. The topological polar surface area (TPSA) is 97.4 Å². The largest absolute Gasteiger partial charge is 0.456 e. The van der Waals surface area contributed by atoms with E-state index in [2.05, 4.69) is 22.9 Å². The van der Waals surface area contributed by atoms with Gasteiger partial charge in [0.15, 0.2) is 12.2 Å². The zero-order valence-corrected chi connectivity index (χ0v) is 33.6. The molecule has 1 heterocycles. The van der Waals surface area contributed by atoms with E-state index in [1.54, 1.807) is 78.9 Å². The van der Waals surface area contributed by atoms with E-state index < -0.39 is 47.3 Å². The maximum atomic E-state index is 13.6. The van der Waals surface area contributed by atoms with Crippen LogP contribution in [-0.2, 0) is 23.7 Å². The van der Waals surface area contributed by atoms with E-state index in [9.17, 15) is 14.4 Å². The van der Waals surface area contributed by atoms with Gasteiger partial charge in [0.25, 0.3) is 0 Å². The average molecular weight is 808 g/mol. The first-order valence-electron chi connectivity index (χ1n) is 20.1. The summed E-state index contributed by atoms with van der Waals surface area (Å²) in [7, 11) is 0. The van der Waals surface area contributed by atoms with Crippen LogP contribution in [0.2, 0.25) is 0 Å². The molecule has 0 amide bonds. The molecule has 3 aromatic carbocycles. The van der Waals surface area contributed by atoms with Gasteiger partial charge in [-0.05, 0) is 42.8 Å². The fraction of sp³-hybridized carbons (Fsp3) is 0.533. The van der Waals surface area contributed by atoms with Crippen molar-refractivity contribution < 1.29 is 38.1 Å². The fourth-order valence-electron chi connectivity index (χ4n) is 6.66. The minimum absolute atomic E-state index is 0.0357. The molecule has 294 valence electrons. The molecule has 0 aliphatic carbocycles. The third-order valence-electron chi connectivity index (χ3n) is 9.83. The van der Waals surface area contributed by atoms with Crippen molar-refractivity contribution >= 4 is 33.8 Å². The van der Waals surface area contributed by atoms with Crippen LogP contribution in [0.5, 0.6) is 0 Å². The lowest BCUT2D eigenvalue weighted by atomic mass is 9.97. The van der Waals surface area contributed by atoms with Gasteiger partial charge >= 0.3 is 17.9 Å². The van der Waals surface area contributed by atoms with E-state index in [1.807, 2.05) is 12.1 Å². The summed E-state index contributed by atoms with van der Waals surface area (Å²) in [5.74, 6) is -3.59. The number of esters is 3.